The summed E-state index contributed by atoms with van der Waals surface area (Å²) < 4.78 is 25.2. The van der Waals surface area contributed by atoms with Crippen LogP contribution in [0.2, 0.25) is 0 Å². The van der Waals surface area contributed by atoms with Crippen molar-refractivity contribution in [2.45, 2.75) is 25.3 Å². The minimum atomic E-state index is -3.20. The lowest BCUT2D eigenvalue weighted by Gasteiger charge is -2.30. The zero-order valence-electron chi connectivity index (χ0n) is 14.1. The average molecular weight is 365 g/mol. The third-order valence-corrected chi connectivity index (χ3v) is 6.67. The highest BCUT2D eigenvalue weighted by Gasteiger charge is 2.32. The summed E-state index contributed by atoms with van der Waals surface area (Å²) in [6, 6.07) is 9.18. The largest absolute Gasteiger partial charge is 0.354 e. The molecule has 8 heteroatoms. The average Bonchev–Trinajstić information content (AvgIpc) is 2.81. The summed E-state index contributed by atoms with van der Waals surface area (Å²) >= 11 is 0. The quantitative estimate of drug-likeness (QED) is 0.842. The Labute approximate surface area is 148 Å². The molecule has 0 radical (unpaired) electrons. The molecule has 2 aliphatic rings. The molecule has 25 heavy (non-hydrogen) atoms. The highest BCUT2D eigenvalue weighted by molar-refractivity contribution is 7.89. The highest BCUT2D eigenvalue weighted by atomic mass is 32.2. The van der Waals surface area contributed by atoms with Gasteiger partial charge in [-0.1, -0.05) is 30.3 Å². The first-order valence-electron chi connectivity index (χ1n) is 8.56. The van der Waals surface area contributed by atoms with Crippen LogP contribution in [0, 0.1) is 0 Å². The summed E-state index contributed by atoms with van der Waals surface area (Å²) in [6.07, 6.45) is 0.972. The lowest BCUT2D eigenvalue weighted by atomic mass is 10.0. The molecule has 0 spiro atoms. The molecule has 3 rings (SSSR count). The van der Waals surface area contributed by atoms with E-state index in [-0.39, 0.29) is 43.0 Å². The fourth-order valence-electron chi connectivity index (χ4n) is 3.41. The Morgan fingerprint density at radius 2 is 1.96 bits per heavy atom. The second-order valence-electron chi connectivity index (χ2n) is 6.39. The maximum atomic E-state index is 12.8. The van der Waals surface area contributed by atoms with Crippen LogP contribution in [-0.2, 0) is 19.6 Å². The number of hydrogen-bond donors (Lipinski definition) is 1. The summed E-state index contributed by atoms with van der Waals surface area (Å²) in [5, 5.41) is 2.80. The molecule has 1 aromatic carbocycles. The topological polar surface area (TPSA) is 86.8 Å². The maximum absolute atomic E-state index is 12.8. The molecule has 1 aromatic rings. The number of carbonyl (C=O) groups is 2. The Hall–Kier alpha value is -1.93. The van der Waals surface area contributed by atoms with Crippen molar-refractivity contribution in [3.05, 3.63) is 35.9 Å². The summed E-state index contributed by atoms with van der Waals surface area (Å²) in [5.74, 6) is -0.0330. The highest BCUT2D eigenvalue weighted by Crippen LogP contribution is 2.26. The van der Waals surface area contributed by atoms with Crippen molar-refractivity contribution in [1.82, 2.24) is 14.5 Å². The lowest BCUT2D eigenvalue weighted by Crippen LogP contribution is -2.39. The van der Waals surface area contributed by atoms with Crippen LogP contribution in [0.3, 0.4) is 0 Å². The van der Waals surface area contributed by atoms with E-state index in [9.17, 15) is 18.0 Å². The first-order valence-corrected chi connectivity index (χ1v) is 10.2. The van der Waals surface area contributed by atoms with E-state index in [0.29, 0.717) is 26.1 Å². The van der Waals surface area contributed by atoms with Crippen LogP contribution in [-0.4, -0.2) is 61.4 Å². The third-order valence-electron chi connectivity index (χ3n) is 4.71. The van der Waals surface area contributed by atoms with Crippen molar-refractivity contribution < 1.29 is 18.0 Å². The molecule has 136 valence electrons. The van der Waals surface area contributed by atoms with E-state index in [0.717, 1.165) is 5.56 Å². The van der Waals surface area contributed by atoms with E-state index < -0.39 is 10.0 Å². The second-order valence-corrected chi connectivity index (χ2v) is 8.47. The van der Waals surface area contributed by atoms with Crippen LogP contribution in [0.1, 0.15) is 30.9 Å². The number of hydrogen-bond acceptors (Lipinski definition) is 4. The van der Waals surface area contributed by atoms with Crippen LogP contribution in [0.4, 0.5) is 0 Å². The van der Waals surface area contributed by atoms with Gasteiger partial charge >= 0.3 is 0 Å². The van der Waals surface area contributed by atoms with Crippen LogP contribution in [0.15, 0.2) is 30.3 Å². The molecule has 0 bridgehead atoms. The van der Waals surface area contributed by atoms with Crippen molar-refractivity contribution in [2.75, 3.05) is 31.9 Å². The Morgan fingerprint density at radius 3 is 2.64 bits per heavy atom. The van der Waals surface area contributed by atoms with Crippen molar-refractivity contribution in [2.24, 2.45) is 0 Å². The molecular weight excluding hydrogens is 342 g/mol. The number of benzene rings is 1. The minimum Gasteiger partial charge on any atom is -0.354 e. The molecule has 2 amide bonds. The summed E-state index contributed by atoms with van der Waals surface area (Å²) in [4.78, 5) is 26.4. The fourth-order valence-corrected chi connectivity index (χ4v) is 4.94. The summed E-state index contributed by atoms with van der Waals surface area (Å²) in [7, 11) is -3.20. The Kier molecular flexibility index (Phi) is 5.39. The molecule has 1 unspecified atom stereocenters. The molecule has 2 aliphatic heterocycles. The molecule has 0 aromatic heterocycles. The van der Waals surface area contributed by atoms with E-state index in [2.05, 4.69) is 5.32 Å². The van der Waals surface area contributed by atoms with E-state index in [1.54, 1.807) is 4.90 Å². The normalized spacial score (nSPS) is 23.9. The predicted octanol–water partition coefficient (Wildman–Crippen LogP) is 0.502. The number of sulfonamides is 1. The van der Waals surface area contributed by atoms with Gasteiger partial charge in [-0.15, -0.1) is 0 Å². The van der Waals surface area contributed by atoms with Crippen LogP contribution in [0.25, 0.3) is 0 Å². The molecule has 2 fully saturated rings. The number of nitrogens with one attached hydrogen (secondary N) is 1. The van der Waals surface area contributed by atoms with Crippen molar-refractivity contribution in [3.63, 3.8) is 0 Å². The SMILES string of the molecule is O=C1CC(c2ccccc2)N(C(=O)CCN2CCCS2(=O)=O)CCN1. The van der Waals surface area contributed by atoms with Gasteiger partial charge < -0.3 is 10.2 Å². The third kappa shape index (κ3) is 4.19. The minimum absolute atomic E-state index is 0.0775. The van der Waals surface area contributed by atoms with Gasteiger partial charge in [0.15, 0.2) is 0 Å². The lowest BCUT2D eigenvalue weighted by molar-refractivity contribution is -0.133. The Bertz CT molecular complexity index is 736. The maximum Gasteiger partial charge on any atom is 0.224 e. The van der Waals surface area contributed by atoms with E-state index in [4.69, 9.17) is 0 Å². The zero-order chi connectivity index (χ0) is 17.9. The van der Waals surface area contributed by atoms with Crippen LogP contribution >= 0.6 is 0 Å². The van der Waals surface area contributed by atoms with Gasteiger partial charge in [0.2, 0.25) is 21.8 Å². The van der Waals surface area contributed by atoms with Gasteiger partial charge in [0.25, 0.3) is 0 Å². The van der Waals surface area contributed by atoms with Gasteiger partial charge in [-0.05, 0) is 12.0 Å². The molecule has 1 N–H and O–H groups in total. The van der Waals surface area contributed by atoms with E-state index in [1.165, 1.54) is 4.31 Å². The first-order chi connectivity index (χ1) is 12.0. The van der Waals surface area contributed by atoms with Crippen LogP contribution < -0.4 is 5.32 Å². The fraction of sp³-hybridized carbons (Fsp3) is 0.529. The van der Waals surface area contributed by atoms with Gasteiger partial charge in [-0.3, -0.25) is 9.59 Å². The molecule has 2 saturated heterocycles. The molecule has 2 heterocycles. The van der Waals surface area contributed by atoms with Crippen LogP contribution in [0.5, 0.6) is 0 Å². The molecule has 7 nitrogen and oxygen atoms in total. The Balaban J connectivity index is 1.72. The molecular formula is C17H23N3O4S. The standard InChI is InChI=1S/C17H23N3O4S/c21-16-13-15(14-5-2-1-3-6-14)20(11-8-18-16)17(22)7-10-19-9-4-12-25(19,23)24/h1-3,5-6,15H,4,7-13H2,(H,18,21). The zero-order valence-corrected chi connectivity index (χ0v) is 14.9. The van der Waals surface area contributed by atoms with E-state index in [1.807, 2.05) is 30.3 Å². The van der Waals surface area contributed by atoms with E-state index >= 15 is 0 Å². The molecule has 1 atom stereocenters. The summed E-state index contributed by atoms with van der Waals surface area (Å²) in [5.41, 5.74) is 0.918. The van der Waals surface area contributed by atoms with Gasteiger partial charge in [0.1, 0.15) is 0 Å². The van der Waals surface area contributed by atoms with Crippen molar-refractivity contribution in [1.29, 1.82) is 0 Å². The monoisotopic (exact) mass is 365 g/mol. The van der Waals surface area contributed by atoms with Gasteiger partial charge in [-0.25, -0.2) is 12.7 Å². The van der Waals surface area contributed by atoms with Gasteiger partial charge in [0, 0.05) is 32.6 Å². The second kappa shape index (κ2) is 7.53. The molecule has 0 saturated carbocycles. The number of rotatable bonds is 4. The number of nitrogens with zero attached hydrogens (tertiary/aromatic N) is 2. The summed E-state index contributed by atoms with van der Waals surface area (Å²) in [6.45, 7) is 1.53. The van der Waals surface area contributed by atoms with Crippen molar-refractivity contribution in [3.8, 4) is 0 Å². The van der Waals surface area contributed by atoms with Gasteiger partial charge in [0.05, 0.1) is 18.2 Å². The first kappa shape index (κ1) is 17.9. The molecule has 0 aliphatic carbocycles. The smallest absolute Gasteiger partial charge is 0.224 e. The predicted molar refractivity (Wildman–Crippen MR) is 93.1 cm³/mol. The number of amides is 2. The number of carbonyl (C=O) groups excluding carboxylic acids is 2. The van der Waals surface area contributed by atoms with Crippen molar-refractivity contribution >= 4 is 21.8 Å². The van der Waals surface area contributed by atoms with Gasteiger partial charge in [-0.2, -0.15) is 0 Å². The Morgan fingerprint density at radius 1 is 1.20 bits per heavy atom.